The van der Waals surface area contributed by atoms with E-state index >= 15 is 0 Å². The number of amides is 1. The lowest BCUT2D eigenvalue weighted by molar-refractivity contribution is -0.114. The highest BCUT2D eigenvalue weighted by molar-refractivity contribution is 6.30. The lowest BCUT2D eigenvalue weighted by Gasteiger charge is -2.29. The molecule has 2 aromatic carbocycles. The van der Waals surface area contributed by atoms with Gasteiger partial charge in [-0.15, -0.1) is 0 Å². The second-order valence-electron chi connectivity index (χ2n) is 7.68. The fraction of sp³-hybridized carbons (Fsp3) is 0.409. The first-order valence-corrected chi connectivity index (χ1v) is 10.0. The van der Waals surface area contributed by atoms with Crippen molar-refractivity contribution in [2.24, 2.45) is 0 Å². The van der Waals surface area contributed by atoms with Gasteiger partial charge in [-0.25, -0.2) is 0 Å². The number of aliphatic hydroxyl groups is 1. The molecule has 0 aliphatic carbocycles. The van der Waals surface area contributed by atoms with Crippen molar-refractivity contribution in [3.63, 3.8) is 0 Å². The summed E-state index contributed by atoms with van der Waals surface area (Å²) in [5, 5.41) is 14.2. The number of ether oxygens (including phenoxy) is 2. The minimum atomic E-state index is -1.04. The first kappa shape index (κ1) is 21.4. The van der Waals surface area contributed by atoms with Crippen molar-refractivity contribution in [2.75, 3.05) is 31.6 Å². The van der Waals surface area contributed by atoms with Gasteiger partial charge in [-0.3, -0.25) is 9.69 Å². The summed E-state index contributed by atoms with van der Waals surface area (Å²) >= 11 is 5.91. The number of anilines is 1. The molecule has 0 bridgehead atoms. The molecule has 0 radical (unpaired) electrons. The maximum atomic E-state index is 11.3. The predicted octanol–water partition coefficient (Wildman–Crippen LogP) is 3.58. The smallest absolute Gasteiger partial charge is 0.221 e. The molecule has 29 heavy (non-hydrogen) atoms. The third-order valence-corrected chi connectivity index (χ3v) is 4.90. The topological polar surface area (TPSA) is 71.0 Å². The molecule has 2 aromatic rings. The fourth-order valence-corrected chi connectivity index (χ4v) is 3.51. The van der Waals surface area contributed by atoms with Gasteiger partial charge in [-0.2, -0.15) is 0 Å². The number of hydrogen-bond donors (Lipinski definition) is 2. The highest BCUT2D eigenvalue weighted by Gasteiger charge is 2.31. The van der Waals surface area contributed by atoms with Crippen LogP contribution in [0.25, 0.3) is 0 Å². The Bertz CT molecular complexity index is 826. The van der Waals surface area contributed by atoms with Crippen LogP contribution in [0.5, 0.6) is 11.5 Å². The van der Waals surface area contributed by atoms with Gasteiger partial charge in [0.25, 0.3) is 0 Å². The van der Waals surface area contributed by atoms with E-state index in [1.165, 1.54) is 6.92 Å². The van der Waals surface area contributed by atoms with Gasteiger partial charge in [-0.05, 0) is 49.7 Å². The van der Waals surface area contributed by atoms with Crippen molar-refractivity contribution in [1.29, 1.82) is 0 Å². The van der Waals surface area contributed by atoms with Gasteiger partial charge in [-0.1, -0.05) is 23.7 Å². The Balaban J connectivity index is 1.50. The standard InChI is InChI=1S/C22H27ClN2O4/c1-16(26)24-20-5-3-4-6-21(20)28-15-22(2,27)14-25-12-11-19(13-25)29-18-9-7-17(23)8-10-18/h3-10,19,27H,11-15H2,1-2H3,(H,24,26). The zero-order valence-electron chi connectivity index (χ0n) is 16.7. The third kappa shape index (κ3) is 6.63. The van der Waals surface area contributed by atoms with Crippen LogP contribution in [0.3, 0.4) is 0 Å². The van der Waals surface area contributed by atoms with Gasteiger partial charge in [0.05, 0.1) is 5.69 Å². The van der Waals surface area contributed by atoms with Crippen LogP contribution in [0.4, 0.5) is 5.69 Å². The number of rotatable bonds is 8. The van der Waals surface area contributed by atoms with E-state index in [2.05, 4.69) is 10.2 Å². The van der Waals surface area contributed by atoms with Gasteiger partial charge in [0.15, 0.2) is 0 Å². The maximum Gasteiger partial charge on any atom is 0.221 e. The zero-order chi connectivity index (χ0) is 20.9. The zero-order valence-corrected chi connectivity index (χ0v) is 17.5. The maximum absolute atomic E-state index is 11.3. The molecular weight excluding hydrogens is 392 g/mol. The van der Waals surface area contributed by atoms with E-state index in [0.29, 0.717) is 23.0 Å². The molecule has 2 N–H and O–H groups in total. The molecule has 7 heteroatoms. The number of carbonyl (C=O) groups excluding carboxylic acids is 1. The van der Waals surface area contributed by atoms with E-state index in [0.717, 1.165) is 25.3 Å². The molecule has 6 nitrogen and oxygen atoms in total. The molecule has 1 heterocycles. The molecule has 1 saturated heterocycles. The van der Waals surface area contributed by atoms with Crippen LogP contribution in [0.1, 0.15) is 20.3 Å². The van der Waals surface area contributed by atoms with Crippen molar-refractivity contribution in [3.8, 4) is 11.5 Å². The number of nitrogens with zero attached hydrogens (tertiary/aromatic N) is 1. The van der Waals surface area contributed by atoms with Crippen LogP contribution < -0.4 is 14.8 Å². The Morgan fingerprint density at radius 3 is 2.72 bits per heavy atom. The van der Waals surface area contributed by atoms with Gasteiger partial charge >= 0.3 is 0 Å². The molecule has 2 atom stereocenters. The van der Waals surface area contributed by atoms with Crippen LogP contribution in [0.2, 0.25) is 5.02 Å². The molecule has 1 aliphatic rings. The summed E-state index contributed by atoms with van der Waals surface area (Å²) < 4.78 is 11.8. The molecule has 2 unspecified atom stereocenters. The van der Waals surface area contributed by atoms with E-state index in [-0.39, 0.29) is 18.6 Å². The lowest BCUT2D eigenvalue weighted by Crippen LogP contribution is -2.44. The minimum absolute atomic E-state index is 0.0772. The molecule has 156 valence electrons. The van der Waals surface area contributed by atoms with E-state index in [9.17, 15) is 9.90 Å². The molecule has 3 rings (SSSR count). The van der Waals surface area contributed by atoms with Crippen LogP contribution in [0.15, 0.2) is 48.5 Å². The molecular formula is C22H27ClN2O4. The summed E-state index contributed by atoms with van der Waals surface area (Å²) in [5.41, 5.74) is -0.452. The Morgan fingerprint density at radius 1 is 1.28 bits per heavy atom. The highest BCUT2D eigenvalue weighted by Crippen LogP contribution is 2.26. The molecule has 0 spiro atoms. The molecule has 0 saturated carbocycles. The van der Waals surface area contributed by atoms with Crippen LogP contribution >= 0.6 is 11.6 Å². The number of para-hydroxylation sites is 2. The average Bonchev–Trinajstić information content (AvgIpc) is 3.08. The number of likely N-dealkylation sites (tertiary alicyclic amines) is 1. The first-order chi connectivity index (χ1) is 13.8. The number of hydrogen-bond acceptors (Lipinski definition) is 5. The van der Waals surface area contributed by atoms with Crippen LogP contribution in [0, 0.1) is 0 Å². The van der Waals surface area contributed by atoms with Gasteiger partial charge < -0.3 is 19.9 Å². The van der Waals surface area contributed by atoms with Gasteiger partial charge in [0, 0.05) is 31.6 Å². The highest BCUT2D eigenvalue weighted by atomic mass is 35.5. The Morgan fingerprint density at radius 2 is 2.00 bits per heavy atom. The van der Waals surface area contributed by atoms with Crippen LogP contribution in [-0.2, 0) is 4.79 Å². The summed E-state index contributed by atoms with van der Waals surface area (Å²) in [5.74, 6) is 1.16. The number of nitrogens with one attached hydrogen (secondary N) is 1. The van der Waals surface area contributed by atoms with Crippen molar-refractivity contribution in [3.05, 3.63) is 53.6 Å². The number of benzene rings is 2. The Hall–Kier alpha value is -2.28. The van der Waals surface area contributed by atoms with Crippen molar-refractivity contribution in [1.82, 2.24) is 4.90 Å². The second kappa shape index (κ2) is 9.48. The molecule has 1 amide bonds. The summed E-state index contributed by atoms with van der Waals surface area (Å²) in [4.78, 5) is 13.5. The van der Waals surface area contributed by atoms with Crippen LogP contribution in [-0.4, -0.2) is 53.9 Å². The van der Waals surface area contributed by atoms with E-state index < -0.39 is 5.60 Å². The molecule has 0 aromatic heterocycles. The van der Waals surface area contributed by atoms with Gasteiger partial charge in [0.1, 0.15) is 29.8 Å². The lowest BCUT2D eigenvalue weighted by atomic mass is 10.1. The number of halogens is 1. The monoisotopic (exact) mass is 418 g/mol. The summed E-state index contributed by atoms with van der Waals surface area (Å²) in [6.45, 7) is 5.36. The van der Waals surface area contributed by atoms with Crippen molar-refractivity contribution >= 4 is 23.2 Å². The summed E-state index contributed by atoms with van der Waals surface area (Å²) in [6.07, 6.45) is 0.971. The Labute approximate surface area is 176 Å². The minimum Gasteiger partial charge on any atom is -0.489 e. The molecule has 1 fully saturated rings. The predicted molar refractivity (Wildman–Crippen MR) is 114 cm³/mol. The summed E-state index contributed by atoms with van der Waals surface area (Å²) in [6, 6.07) is 14.5. The van der Waals surface area contributed by atoms with Crippen molar-refractivity contribution < 1.29 is 19.4 Å². The third-order valence-electron chi connectivity index (χ3n) is 4.65. The summed E-state index contributed by atoms with van der Waals surface area (Å²) in [7, 11) is 0. The number of carbonyl (C=O) groups is 1. The van der Waals surface area contributed by atoms with E-state index in [4.69, 9.17) is 21.1 Å². The fourth-order valence-electron chi connectivity index (χ4n) is 3.39. The SMILES string of the molecule is CC(=O)Nc1ccccc1OCC(C)(O)CN1CCC(Oc2ccc(Cl)cc2)C1. The van der Waals surface area contributed by atoms with Crippen molar-refractivity contribution in [2.45, 2.75) is 32.0 Å². The first-order valence-electron chi connectivity index (χ1n) is 9.67. The molecule has 1 aliphatic heterocycles. The van der Waals surface area contributed by atoms with E-state index in [1.54, 1.807) is 19.1 Å². The van der Waals surface area contributed by atoms with Gasteiger partial charge in [0.2, 0.25) is 5.91 Å². The Kier molecular flexibility index (Phi) is 7.00. The average molecular weight is 419 g/mol. The largest absolute Gasteiger partial charge is 0.489 e. The van der Waals surface area contributed by atoms with E-state index in [1.807, 2.05) is 36.4 Å². The normalized spacial score (nSPS) is 18.8. The quantitative estimate of drug-likeness (QED) is 0.685. The number of β-amino-alcohol motifs (C(OH)–C–C–N with tert-alkyl or cyclic N) is 1. The second-order valence-corrected chi connectivity index (χ2v) is 8.12.